The fourth-order valence-electron chi connectivity index (χ4n) is 3.20. The van der Waals surface area contributed by atoms with E-state index in [0.717, 1.165) is 12.0 Å². The Morgan fingerprint density at radius 3 is 2.24 bits per heavy atom. The molecule has 0 radical (unpaired) electrons. The van der Waals surface area contributed by atoms with E-state index in [0.29, 0.717) is 38.5 Å². The molecular formula is C22H26FN3O3. The molecule has 0 aliphatic carbocycles. The predicted octanol–water partition coefficient (Wildman–Crippen LogP) is 2.52. The lowest BCUT2D eigenvalue weighted by Crippen LogP contribution is -2.40. The Bertz CT molecular complexity index is 799. The van der Waals surface area contributed by atoms with Gasteiger partial charge in [0.2, 0.25) is 11.8 Å². The number of benzene rings is 2. The molecule has 1 aliphatic rings. The number of halogens is 1. The van der Waals surface area contributed by atoms with Crippen molar-refractivity contribution in [2.45, 2.75) is 13.0 Å². The second kappa shape index (κ2) is 10.6. The first kappa shape index (κ1) is 20.8. The molecule has 29 heavy (non-hydrogen) atoms. The lowest BCUT2D eigenvalue weighted by molar-refractivity contribution is -0.137. The normalized spacial score (nSPS) is 14.4. The number of anilines is 1. The van der Waals surface area contributed by atoms with Gasteiger partial charge < -0.3 is 19.9 Å². The van der Waals surface area contributed by atoms with Gasteiger partial charge >= 0.3 is 0 Å². The Morgan fingerprint density at radius 2 is 1.55 bits per heavy atom. The molecule has 2 aromatic carbocycles. The zero-order chi connectivity index (χ0) is 20.5. The second-order valence-electron chi connectivity index (χ2n) is 6.95. The number of hydrogen-bond donors (Lipinski definition) is 1. The molecule has 2 aromatic rings. The fourth-order valence-corrected chi connectivity index (χ4v) is 3.20. The van der Waals surface area contributed by atoms with Gasteiger partial charge in [-0.1, -0.05) is 30.3 Å². The number of amides is 2. The summed E-state index contributed by atoms with van der Waals surface area (Å²) in [6, 6.07) is 15.6. The minimum absolute atomic E-state index is 0.0367. The molecule has 154 valence electrons. The van der Waals surface area contributed by atoms with Gasteiger partial charge in [0.1, 0.15) is 12.4 Å². The van der Waals surface area contributed by atoms with Crippen LogP contribution in [-0.2, 0) is 20.9 Å². The summed E-state index contributed by atoms with van der Waals surface area (Å²) >= 11 is 0. The molecule has 6 nitrogen and oxygen atoms in total. The van der Waals surface area contributed by atoms with Crippen molar-refractivity contribution >= 4 is 17.5 Å². The molecule has 0 bridgehead atoms. The zero-order valence-corrected chi connectivity index (χ0v) is 16.4. The van der Waals surface area contributed by atoms with Crippen molar-refractivity contribution in [3.05, 3.63) is 66.0 Å². The Kier molecular flexibility index (Phi) is 7.58. The largest absolute Gasteiger partial charge is 0.376 e. The molecule has 2 amide bonds. The maximum Gasteiger partial charge on any atom is 0.248 e. The third kappa shape index (κ3) is 6.57. The van der Waals surface area contributed by atoms with E-state index in [2.05, 4.69) is 5.32 Å². The van der Waals surface area contributed by atoms with Gasteiger partial charge in [0.25, 0.3) is 0 Å². The van der Waals surface area contributed by atoms with Gasteiger partial charge in [-0.05, 0) is 36.2 Å². The molecule has 3 rings (SSSR count). The quantitative estimate of drug-likeness (QED) is 0.777. The fraction of sp³-hybridized carbons (Fsp3) is 0.364. The minimum atomic E-state index is -0.313. The van der Waals surface area contributed by atoms with E-state index in [4.69, 9.17) is 4.74 Å². The summed E-state index contributed by atoms with van der Waals surface area (Å²) in [5.41, 5.74) is 1.73. The highest BCUT2D eigenvalue weighted by Gasteiger charge is 2.21. The van der Waals surface area contributed by atoms with Crippen LogP contribution in [0.15, 0.2) is 54.6 Å². The molecule has 0 saturated carbocycles. The molecule has 0 atom stereocenters. The molecule has 1 saturated heterocycles. The number of rotatable bonds is 7. The number of carbonyl (C=O) groups excluding carboxylic acids is 2. The van der Waals surface area contributed by atoms with Gasteiger partial charge in [-0.2, -0.15) is 0 Å². The Labute approximate surface area is 170 Å². The molecule has 1 fully saturated rings. The number of hydrogen-bond acceptors (Lipinski definition) is 4. The van der Waals surface area contributed by atoms with Crippen molar-refractivity contribution in [2.75, 3.05) is 44.6 Å². The second-order valence-corrected chi connectivity index (χ2v) is 6.95. The standard InChI is InChI=1S/C22H26FN3O3/c23-19-7-9-20(10-8-19)24-15-21(27)25-11-4-12-26(14-13-25)22(28)17-29-16-18-5-2-1-3-6-18/h1-3,5-10,24H,4,11-17H2. The molecule has 7 heteroatoms. The highest BCUT2D eigenvalue weighted by molar-refractivity contribution is 5.81. The first-order valence-electron chi connectivity index (χ1n) is 9.78. The number of nitrogens with one attached hydrogen (secondary N) is 1. The molecule has 0 unspecified atom stereocenters. The van der Waals surface area contributed by atoms with Crippen LogP contribution in [0, 0.1) is 5.82 Å². The van der Waals surface area contributed by atoms with Crippen LogP contribution in [0.25, 0.3) is 0 Å². The lowest BCUT2D eigenvalue weighted by atomic mass is 10.2. The van der Waals surface area contributed by atoms with Gasteiger partial charge in [-0.25, -0.2) is 4.39 Å². The van der Waals surface area contributed by atoms with Gasteiger partial charge in [0.05, 0.1) is 13.2 Å². The van der Waals surface area contributed by atoms with E-state index in [1.54, 1.807) is 21.9 Å². The molecular weight excluding hydrogens is 373 g/mol. The average Bonchev–Trinajstić information content (AvgIpc) is 3.00. The van der Waals surface area contributed by atoms with Crippen LogP contribution in [0.5, 0.6) is 0 Å². The van der Waals surface area contributed by atoms with Gasteiger partial charge in [0.15, 0.2) is 0 Å². The highest BCUT2D eigenvalue weighted by atomic mass is 19.1. The van der Waals surface area contributed by atoms with Crippen LogP contribution in [0.3, 0.4) is 0 Å². The molecule has 1 aliphatic heterocycles. The minimum Gasteiger partial charge on any atom is -0.376 e. The van der Waals surface area contributed by atoms with Crippen molar-refractivity contribution in [3.63, 3.8) is 0 Å². The maximum atomic E-state index is 12.9. The summed E-state index contributed by atoms with van der Waals surface area (Å²) in [5.74, 6) is -0.407. The Morgan fingerprint density at radius 1 is 0.897 bits per heavy atom. The first-order chi connectivity index (χ1) is 14.1. The van der Waals surface area contributed by atoms with Crippen molar-refractivity contribution in [2.24, 2.45) is 0 Å². The summed E-state index contributed by atoms with van der Waals surface area (Å²) in [7, 11) is 0. The Hall–Kier alpha value is -2.93. The van der Waals surface area contributed by atoms with Crippen LogP contribution in [0.4, 0.5) is 10.1 Å². The van der Waals surface area contributed by atoms with Crippen LogP contribution in [0.2, 0.25) is 0 Å². The number of carbonyl (C=O) groups is 2. The molecule has 0 spiro atoms. The van der Waals surface area contributed by atoms with Crippen molar-refractivity contribution < 1.29 is 18.7 Å². The lowest BCUT2D eigenvalue weighted by Gasteiger charge is -2.22. The third-order valence-corrected chi connectivity index (χ3v) is 4.83. The van der Waals surface area contributed by atoms with E-state index >= 15 is 0 Å². The monoisotopic (exact) mass is 399 g/mol. The topological polar surface area (TPSA) is 61.9 Å². The Balaban J connectivity index is 1.40. The maximum absolute atomic E-state index is 12.9. The molecule has 1 N–H and O–H groups in total. The summed E-state index contributed by atoms with van der Waals surface area (Å²) in [4.78, 5) is 28.4. The molecule has 1 heterocycles. The van der Waals surface area contributed by atoms with E-state index in [1.807, 2.05) is 30.3 Å². The third-order valence-electron chi connectivity index (χ3n) is 4.83. The number of ether oxygens (including phenoxy) is 1. The zero-order valence-electron chi connectivity index (χ0n) is 16.4. The van der Waals surface area contributed by atoms with E-state index in [9.17, 15) is 14.0 Å². The summed E-state index contributed by atoms with van der Waals surface area (Å²) in [6.45, 7) is 2.79. The average molecular weight is 399 g/mol. The van der Waals surface area contributed by atoms with Crippen molar-refractivity contribution in [3.8, 4) is 0 Å². The smallest absolute Gasteiger partial charge is 0.248 e. The first-order valence-corrected chi connectivity index (χ1v) is 9.78. The summed E-state index contributed by atoms with van der Waals surface area (Å²) < 4.78 is 18.5. The predicted molar refractivity (Wildman–Crippen MR) is 109 cm³/mol. The van der Waals surface area contributed by atoms with Gasteiger partial charge in [-0.15, -0.1) is 0 Å². The van der Waals surface area contributed by atoms with E-state index in [1.165, 1.54) is 12.1 Å². The van der Waals surface area contributed by atoms with Crippen LogP contribution in [-0.4, -0.2) is 60.9 Å². The van der Waals surface area contributed by atoms with Crippen LogP contribution >= 0.6 is 0 Å². The summed E-state index contributed by atoms with van der Waals surface area (Å²) in [6.07, 6.45) is 0.729. The highest BCUT2D eigenvalue weighted by Crippen LogP contribution is 2.09. The van der Waals surface area contributed by atoms with E-state index in [-0.39, 0.29) is 30.8 Å². The van der Waals surface area contributed by atoms with Crippen LogP contribution < -0.4 is 5.32 Å². The van der Waals surface area contributed by atoms with Gasteiger partial charge in [0, 0.05) is 31.9 Å². The number of nitrogens with zero attached hydrogens (tertiary/aromatic N) is 2. The van der Waals surface area contributed by atoms with Crippen LogP contribution in [0.1, 0.15) is 12.0 Å². The van der Waals surface area contributed by atoms with Crippen molar-refractivity contribution in [1.29, 1.82) is 0 Å². The van der Waals surface area contributed by atoms with Gasteiger partial charge in [-0.3, -0.25) is 9.59 Å². The van der Waals surface area contributed by atoms with E-state index < -0.39 is 0 Å². The SMILES string of the molecule is O=C(CNc1ccc(F)cc1)N1CCCN(C(=O)COCc2ccccc2)CC1. The van der Waals surface area contributed by atoms with Crippen molar-refractivity contribution in [1.82, 2.24) is 9.80 Å². The summed E-state index contributed by atoms with van der Waals surface area (Å²) in [5, 5.41) is 3.01. The molecule has 0 aromatic heterocycles.